The highest BCUT2D eigenvalue weighted by Crippen LogP contribution is 2.33. The van der Waals surface area contributed by atoms with Crippen LogP contribution in [-0.4, -0.2) is 54.5 Å². The Morgan fingerprint density at radius 2 is 2.04 bits per heavy atom. The van der Waals surface area contributed by atoms with E-state index in [1.54, 1.807) is 4.90 Å². The smallest absolute Gasteiger partial charge is 0.254 e. The van der Waals surface area contributed by atoms with Gasteiger partial charge in [0, 0.05) is 6.54 Å². The van der Waals surface area contributed by atoms with Crippen LogP contribution in [0.25, 0.3) is 0 Å². The number of hydrogen-bond acceptors (Lipinski definition) is 4. The highest BCUT2D eigenvalue weighted by Gasteiger charge is 2.37. The van der Waals surface area contributed by atoms with Gasteiger partial charge in [0.05, 0.1) is 32.5 Å². The third kappa shape index (κ3) is 3.91. The van der Waals surface area contributed by atoms with E-state index in [2.05, 4.69) is 0 Å². The van der Waals surface area contributed by atoms with Crippen molar-refractivity contribution in [2.45, 2.75) is 38.0 Å². The van der Waals surface area contributed by atoms with Gasteiger partial charge in [-0.3, -0.25) is 4.79 Å². The predicted molar refractivity (Wildman–Crippen MR) is 85.8 cm³/mol. The second-order valence-electron chi connectivity index (χ2n) is 6.33. The minimum absolute atomic E-state index is 0.00316. The van der Waals surface area contributed by atoms with E-state index in [1.165, 1.54) is 6.42 Å². The molecule has 0 radical (unpaired) electrons. The highest BCUT2D eigenvalue weighted by atomic mass is 16.6. The Hall–Kier alpha value is -1.43. The number of amides is 1. The molecule has 1 amide bonds. The number of carbonyl (C=O) groups excluding carboxylic acids is 1. The van der Waals surface area contributed by atoms with E-state index >= 15 is 0 Å². The molecular formula is C18H25NO4. The Labute approximate surface area is 137 Å². The van der Waals surface area contributed by atoms with Crippen molar-refractivity contribution >= 4 is 5.91 Å². The SMILES string of the molecule is O=C(C1COCCO1)N(Cc1ccccc1)C(CO)C1CCC1. The van der Waals surface area contributed by atoms with Gasteiger partial charge in [0.15, 0.2) is 6.10 Å². The molecule has 1 aromatic carbocycles. The second kappa shape index (κ2) is 7.90. The molecule has 0 aromatic heterocycles. The largest absolute Gasteiger partial charge is 0.394 e. The summed E-state index contributed by atoms with van der Waals surface area (Å²) in [5, 5.41) is 9.89. The van der Waals surface area contributed by atoms with Crippen LogP contribution < -0.4 is 0 Å². The van der Waals surface area contributed by atoms with E-state index in [4.69, 9.17) is 9.47 Å². The quantitative estimate of drug-likeness (QED) is 0.865. The van der Waals surface area contributed by atoms with Crippen LogP contribution in [0.4, 0.5) is 0 Å². The molecule has 5 nitrogen and oxygen atoms in total. The summed E-state index contributed by atoms with van der Waals surface area (Å²) in [5.41, 5.74) is 1.07. The Bertz CT molecular complexity index is 497. The van der Waals surface area contributed by atoms with Crippen LogP contribution in [0.5, 0.6) is 0 Å². The molecule has 0 spiro atoms. The van der Waals surface area contributed by atoms with Gasteiger partial charge in [-0.15, -0.1) is 0 Å². The van der Waals surface area contributed by atoms with Gasteiger partial charge in [0.25, 0.3) is 5.91 Å². The van der Waals surface area contributed by atoms with Gasteiger partial charge in [0.1, 0.15) is 0 Å². The molecule has 126 valence electrons. The summed E-state index contributed by atoms with van der Waals surface area (Å²) in [6.45, 7) is 1.78. The number of hydrogen-bond donors (Lipinski definition) is 1. The molecule has 1 saturated heterocycles. The van der Waals surface area contributed by atoms with Crippen LogP contribution in [-0.2, 0) is 20.8 Å². The van der Waals surface area contributed by atoms with Gasteiger partial charge in [-0.25, -0.2) is 0 Å². The maximum Gasteiger partial charge on any atom is 0.254 e. The van der Waals surface area contributed by atoms with Crippen molar-refractivity contribution in [1.29, 1.82) is 0 Å². The molecule has 1 aromatic rings. The highest BCUT2D eigenvalue weighted by molar-refractivity contribution is 5.81. The predicted octanol–water partition coefficient (Wildman–Crippen LogP) is 1.59. The van der Waals surface area contributed by atoms with Crippen molar-refractivity contribution in [2.75, 3.05) is 26.4 Å². The average molecular weight is 319 g/mol. The topological polar surface area (TPSA) is 59.0 Å². The summed E-state index contributed by atoms with van der Waals surface area (Å²) < 4.78 is 11.0. The minimum Gasteiger partial charge on any atom is -0.394 e. The maximum atomic E-state index is 13.0. The van der Waals surface area contributed by atoms with E-state index in [-0.39, 0.29) is 18.6 Å². The van der Waals surface area contributed by atoms with Gasteiger partial charge < -0.3 is 19.5 Å². The first-order chi connectivity index (χ1) is 11.3. The molecule has 2 unspecified atom stereocenters. The van der Waals surface area contributed by atoms with Crippen LogP contribution in [0.1, 0.15) is 24.8 Å². The van der Waals surface area contributed by atoms with Gasteiger partial charge >= 0.3 is 0 Å². The monoisotopic (exact) mass is 319 g/mol. The van der Waals surface area contributed by atoms with Crippen molar-refractivity contribution in [2.24, 2.45) is 5.92 Å². The first-order valence-corrected chi connectivity index (χ1v) is 8.44. The van der Waals surface area contributed by atoms with Crippen molar-refractivity contribution in [1.82, 2.24) is 4.90 Å². The molecule has 2 fully saturated rings. The fraction of sp³-hybridized carbons (Fsp3) is 0.611. The summed E-state index contributed by atoms with van der Waals surface area (Å²) >= 11 is 0. The number of benzene rings is 1. The number of carbonyl (C=O) groups is 1. The lowest BCUT2D eigenvalue weighted by molar-refractivity contribution is -0.164. The Balaban J connectivity index is 1.77. The molecule has 1 heterocycles. The maximum absolute atomic E-state index is 13.0. The molecule has 1 aliphatic carbocycles. The van der Waals surface area contributed by atoms with Gasteiger partial charge in [-0.05, 0) is 24.3 Å². The van der Waals surface area contributed by atoms with Crippen LogP contribution in [0.2, 0.25) is 0 Å². The van der Waals surface area contributed by atoms with Crippen molar-refractivity contribution in [3.8, 4) is 0 Å². The lowest BCUT2D eigenvalue weighted by atomic mass is 9.79. The summed E-state index contributed by atoms with van der Waals surface area (Å²) in [6, 6.07) is 9.78. The van der Waals surface area contributed by atoms with Crippen molar-refractivity contribution in [3.05, 3.63) is 35.9 Å². The lowest BCUT2D eigenvalue weighted by Gasteiger charge is -2.41. The number of rotatable bonds is 6. The number of aliphatic hydroxyl groups excluding tert-OH is 1. The zero-order valence-electron chi connectivity index (χ0n) is 13.4. The first kappa shape index (κ1) is 16.4. The molecule has 1 N–H and O–H groups in total. The Morgan fingerprint density at radius 1 is 1.26 bits per heavy atom. The van der Waals surface area contributed by atoms with Gasteiger partial charge in [0.2, 0.25) is 0 Å². The molecule has 23 heavy (non-hydrogen) atoms. The zero-order chi connectivity index (χ0) is 16.1. The number of ether oxygens (including phenoxy) is 2. The van der Waals surface area contributed by atoms with Crippen LogP contribution >= 0.6 is 0 Å². The molecule has 5 heteroatoms. The zero-order valence-corrected chi connectivity index (χ0v) is 13.4. The Morgan fingerprint density at radius 3 is 2.61 bits per heavy atom. The third-order valence-electron chi connectivity index (χ3n) is 4.85. The average Bonchev–Trinajstić information content (AvgIpc) is 2.57. The normalized spacial score (nSPS) is 23.1. The van der Waals surface area contributed by atoms with E-state index in [0.29, 0.717) is 32.3 Å². The second-order valence-corrected chi connectivity index (χ2v) is 6.33. The standard InChI is InChI=1S/C18H25NO4/c20-12-16(15-7-4-8-15)19(11-14-5-2-1-3-6-14)18(21)17-13-22-9-10-23-17/h1-3,5-6,15-17,20H,4,7-13H2. The fourth-order valence-corrected chi connectivity index (χ4v) is 3.28. The van der Waals surface area contributed by atoms with Crippen LogP contribution in [0.3, 0.4) is 0 Å². The number of nitrogens with zero attached hydrogens (tertiary/aromatic N) is 1. The Kier molecular flexibility index (Phi) is 5.65. The lowest BCUT2D eigenvalue weighted by Crippen LogP contribution is -2.53. The fourth-order valence-electron chi connectivity index (χ4n) is 3.28. The van der Waals surface area contributed by atoms with Crippen molar-refractivity contribution in [3.63, 3.8) is 0 Å². The minimum atomic E-state index is -0.554. The summed E-state index contributed by atoms with van der Waals surface area (Å²) in [6.07, 6.45) is 2.77. The third-order valence-corrected chi connectivity index (χ3v) is 4.85. The summed E-state index contributed by atoms with van der Waals surface area (Å²) in [4.78, 5) is 14.8. The van der Waals surface area contributed by atoms with E-state index < -0.39 is 6.10 Å². The molecule has 3 rings (SSSR count). The summed E-state index contributed by atoms with van der Waals surface area (Å²) in [7, 11) is 0. The van der Waals surface area contributed by atoms with Gasteiger partial charge in [-0.1, -0.05) is 36.8 Å². The van der Waals surface area contributed by atoms with Crippen LogP contribution in [0.15, 0.2) is 30.3 Å². The molecule has 1 aliphatic heterocycles. The molecule has 2 atom stereocenters. The number of aliphatic hydroxyl groups is 1. The van der Waals surface area contributed by atoms with E-state index in [1.807, 2.05) is 30.3 Å². The van der Waals surface area contributed by atoms with Crippen molar-refractivity contribution < 1.29 is 19.4 Å². The molecule has 2 aliphatic rings. The summed E-state index contributed by atoms with van der Waals surface area (Å²) in [5.74, 6) is 0.316. The van der Waals surface area contributed by atoms with E-state index in [0.717, 1.165) is 18.4 Å². The van der Waals surface area contributed by atoms with E-state index in [9.17, 15) is 9.90 Å². The first-order valence-electron chi connectivity index (χ1n) is 8.44. The van der Waals surface area contributed by atoms with Gasteiger partial charge in [-0.2, -0.15) is 0 Å². The molecule has 0 bridgehead atoms. The molecular weight excluding hydrogens is 294 g/mol. The van der Waals surface area contributed by atoms with Crippen LogP contribution in [0, 0.1) is 5.92 Å². The molecule has 1 saturated carbocycles.